The van der Waals surface area contributed by atoms with Crippen LogP contribution >= 0.6 is 0 Å². The van der Waals surface area contributed by atoms with E-state index in [0.29, 0.717) is 12.4 Å². The summed E-state index contributed by atoms with van der Waals surface area (Å²) in [7, 11) is 1.58. The van der Waals surface area contributed by atoms with E-state index >= 15 is 0 Å². The number of hydrogen-bond donors (Lipinski definition) is 2. The Morgan fingerprint density at radius 2 is 1.70 bits per heavy atom. The maximum Gasteiger partial charge on any atom is 0.329 e. The summed E-state index contributed by atoms with van der Waals surface area (Å²) in [5, 5.41) is 6.29. The molecule has 0 saturated heterocycles. The summed E-state index contributed by atoms with van der Waals surface area (Å²) in [5.41, 5.74) is 3.78. The summed E-state index contributed by atoms with van der Waals surface area (Å²) >= 11 is 0. The summed E-state index contributed by atoms with van der Waals surface area (Å²) in [5.74, 6) is -0.187. The molecular formula is C20H21N3O4. The summed E-state index contributed by atoms with van der Waals surface area (Å²) in [6.07, 6.45) is 3.09. The van der Waals surface area contributed by atoms with Crippen molar-refractivity contribution in [2.45, 2.75) is 6.54 Å². The number of methoxy groups -OCH3 is 1. The largest absolute Gasteiger partial charge is 0.497 e. The van der Waals surface area contributed by atoms with Crippen molar-refractivity contribution in [2.24, 2.45) is 5.10 Å². The molecule has 7 nitrogen and oxygen atoms in total. The van der Waals surface area contributed by atoms with Gasteiger partial charge >= 0.3 is 11.8 Å². The molecule has 0 unspecified atom stereocenters. The molecule has 27 heavy (non-hydrogen) atoms. The summed E-state index contributed by atoms with van der Waals surface area (Å²) < 4.78 is 10.4. The number of nitrogens with zero attached hydrogens (tertiary/aromatic N) is 1. The third-order valence-corrected chi connectivity index (χ3v) is 3.45. The Labute approximate surface area is 157 Å². The molecule has 0 aliphatic rings. The molecule has 0 atom stereocenters. The predicted molar refractivity (Wildman–Crippen MR) is 103 cm³/mol. The Balaban J connectivity index is 1.77. The molecule has 0 aliphatic heterocycles. The summed E-state index contributed by atoms with van der Waals surface area (Å²) in [6, 6.07) is 14.3. The van der Waals surface area contributed by atoms with E-state index in [2.05, 4.69) is 22.4 Å². The van der Waals surface area contributed by atoms with Gasteiger partial charge in [-0.1, -0.05) is 24.8 Å². The van der Waals surface area contributed by atoms with Crippen LogP contribution < -0.4 is 20.2 Å². The van der Waals surface area contributed by atoms with E-state index in [4.69, 9.17) is 9.47 Å². The molecular weight excluding hydrogens is 346 g/mol. The fraction of sp³-hybridized carbons (Fsp3) is 0.150. The highest BCUT2D eigenvalue weighted by atomic mass is 16.5. The van der Waals surface area contributed by atoms with Crippen LogP contribution in [-0.4, -0.2) is 31.7 Å². The first kappa shape index (κ1) is 19.7. The lowest BCUT2D eigenvalue weighted by Gasteiger charge is -2.05. The van der Waals surface area contributed by atoms with Gasteiger partial charge in [0.05, 0.1) is 13.3 Å². The third kappa shape index (κ3) is 6.66. The number of ether oxygens (including phenoxy) is 2. The van der Waals surface area contributed by atoms with Gasteiger partial charge in [-0.05, 0) is 47.5 Å². The van der Waals surface area contributed by atoms with Gasteiger partial charge in [-0.3, -0.25) is 9.59 Å². The highest BCUT2D eigenvalue weighted by molar-refractivity contribution is 6.35. The second kappa shape index (κ2) is 10.4. The van der Waals surface area contributed by atoms with Crippen molar-refractivity contribution in [1.82, 2.24) is 10.7 Å². The number of benzene rings is 2. The van der Waals surface area contributed by atoms with Crippen LogP contribution in [0.15, 0.2) is 66.3 Å². The number of amides is 2. The number of carbonyl (C=O) groups is 2. The molecule has 0 aromatic heterocycles. The molecule has 0 heterocycles. The zero-order valence-corrected chi connectivity index (χ0v) is 15.0. The minimum absolute atomic E-state index is 0.228. The summed E-state index contributed by atoms with van der Waals surface area (Å²) in [4.78, 5) is 23.5. The van der Waals surface area contributed by atoms with E-state index < -0.39 is 11.8 Å². The fourth-order valence-electron chi connectivity index (χ4n) is 2.03. The Morgan fingerprint density at radius 1 is 1.04 bits per heavy atom. The van der Waals surface area contributed by atoms with Crippen molar-refractivity contribution in [2.75, 3.05) is 13.7 Å². The van der Waals surface area contributed by atoms with Crippen molar-refractivity contribution in [3.8, 4) is 11.5 Å². The lowest BCUT2D eigenvalue weighted by molar-refractivity contribution is -0.139. The molecule has 7 heteroatoms. The fourth-order valence-corrected chi connectivity index (χ4v) is 2.03. The van der Waals surface area contributed by atoms with Crippen molar-refractivity contribution < 1.29 is 19.1 Å². The molecule has 0 saturated carbocycles. The topological polar surface area (TPSA) is 89.0 Å². The van der Waals surface area contributed by atoms with Gasteiger partial charge in [-0.15, -0.1) is 0 Å². The van der Waals surface area contributed by atoms with Crippen molar-refractivity contribution >= 4 is 18.0 Å². The average Bonchev–Trinajstić information content (AvgIpc) is 2.71. The molecule has 2 aromatic rings. The van der Waals surface area contributed by atoms with Crippen LogP contribution in [0.1, 0.15) is 11.1 Å². The Bertz CT molecular complexity index is 799. The molecule has 2 aromatic carbocycles. The molecule has 2 rings (SSSR count). The lowest BCUT2D eigenvalue weighted by Crippen LogP contribution is -2.37. The first-order chi connectivity index (χ1) is 13.1. The zero-order chi connectivity index (χ0) is 19.5. The maximum atomic E-state index is 11.8. The van der Waals surface area contributed by atoms with E-state index in [-0.39, 0.29) is 6.54 Å². The normalized spacial score (nSPS) is 10.3. The summed E-state index contributed by atoms with van der Waals surface area (Å²) in [6.45, 7) is 4.23. The molecule has 0 aliphatic carbocycles. The molecule has 0 bridgehead atoms. The van der Waals surface area contributed by atoms with Crippen molar-refractivity contribution in [3.63, 3.8) is 0 Å². The van der Waals surface area contributed by atoms with E-state index in [0.717, 1.165) is 16.9 Å². The molecule has 0 radical (unpaired) electrons. The number of carbonyl (C=O) groups excluding carboxylic acids is 2. The van der Waals surface area contributed by atoms with E-state index in [1.807, 2.05) is 0 Å². The minimum atomic E-state index is -0.842. The lowest BCUT2D eigenvalue weighted by atomic mass is 10.2. The Kier molecular flexibility index (Phi) is 7.59. The van der Waals surface area contributed by atoms with Crippen LogP contribution in [0.3, 0.4) is 0 Å². The molecule has 140 valence electrons. The van der Waals surface area contributed by atoms with Crippen LogP contribution in [0.2, 0.25) is 0 Å². The zero-order valence-electron chi connectivity index (χ0n) is 15.0. The van der Waals surface area contributed by atoms with Crippen LogP contribution in [-0.2, 0) is 16.1 Å². The Morgan fingerprint density at radius 3 is 2.33 bits per heavy atom. The number of hydrogen-bond acceptors (Lipinski definition) is 5. The van der Waals surface area contributed by atoms with Crippen LogP contribution in [0.4, 0.5) is 0 Å². The first-order valence-electron chi connectivity index (χ1n) is 8.20. The van der Waals surface area contributed by atoms with Crippen LogP contribution in [0.5, 0.6) is 11.5 Å². The molecule has 2 amide bonds. The van der Waals surface area contributed by atoms with Gasteiger partial charge < -0.3 is 14.8 Å². The van der Waals surface area contributed by atoms with Gasteiger partial charge in [-0.2, -0.15) is 5.10 Å². The van der Waals surface area contributed by atoms with Gasteiger partial charge in [0, 0.05) is 6.54 Å². The van der Waals surface area contributed by atoms with Gasteiger partial charge in [0.2, 0.25) is 0 Å². The second-order valence-electron chi connectivity index (χ2n) is 5.40. The van der Waals surface area contributed by atoms with Gasteiger partial charge in [0.15, 0.2) is 0 Å². The monoisotopic (exact) mass is 367 g/mol. The van der Waals surface area contributed by atoms with Crippen LogP contribution in [0, 0.1) is 0 Å². The quantitative estimate of drug-likeness (QED) is 0.323. The number of nitrogens with one attached hydrogen (secondary N) is 2. The Hall–Kier alpha value is -3.61. The highest BCUT2D eigenvalue weighted by Crippen LogP contribution is 2.11. The van der Waals surface area contributed by atoms with Crippen LogP contribution in [0.25, 0.3) is 0 Å². The first-order valence-corrected chi connectivity index (χ1v) is 8.20. The van der Waals surface area contributed by atoms with E-state index in [1.165, 1.54) is 6.21 Å². The minimum Gasteiger partial charge on any atom is -0.497 e. The SMILES string of the molecule is C=CCOc1ccc(/C=N/NC(=O)C(=O)NCc2ccc(OC)cc2)cc1. The number of hydrazone groups is 1. The van der Waals surface area contributed by atoms with E-state index in [9.17, 15) is 9.59 Å². The van der Waals surface area contributed by atoms with Crippen molar-refractivity contribution in [3.05, 3.63) is 72.3 Å². The van der Waals surface area contributed by atoms with Gasteiger partial charge in [0.1, 0.15) is 18.1 Å². The number of rotatable bonds is 8. The van der Waals surface area contributed by atoms with Gasteiger partial charge in [0.25, 0.3) is 0 Å². The highest BCUT2D eigenvalue weighted by Gasteiger charge is 2.11. The van der Waals surface area contributed by atoms with E-state index in [1.54, 1.807) is 61.7 Å². The van der Waals surface area contributed by atoms with Gasteiger partial charge in [-0.25, -0.2) is 5.43 Å². The predicted octanol–water partition coefficient (Wildman–Crippen LogP) is 2.03. The maximum absolute atomic E-state index is 11.8. The smallest absolute Gasteiger partial charge is 0.329 e. The second-order valence-corrected chi connectivity index (χ2v) is 5.40. The molecule has 0 spiro atoms. The third-order valence-electron chi connectivity index (χ3n) is 3.45. The molecule has 2 N–H and O–H groups in total. The molecule has 0 fully saturated rings. The average molecular weight is 367 g/mol. The van der Waals surface area contributed by atoms with Crippen molar-refractivity contribution in [1.29, 1.82) is 0 Å². The standard InChI is InChI=1S/C20H21N3O4/c1-3-12-27-18-10-6-16(7-11-18)14-22-23-20(25)19(24)21-13-15-4-8-17(26-2)9-5-15/h3-11,14H,1,12-13H2,2H3,(H,21,24)(H,23,25)/b22-14+.